The number of hydrogen-bond donors (Lipinski definition) is 2. The van der Waals surface area contributed by atoms with Gasteiger partial charge in [0.1, 0.15) is 0 Å². The van der Waals surface area contributed by atoms with E-state index < -0.39 is 10.0 Å². The fraction of sp³-hybridized carbons (Fsp3) is 0.600. The van der Waals surface area contributed by atoms with E-state index in [-0.39, 0.29) is 23.5 Å². The Kier molecular flexibility index (Phi) is 4.49. The first kappa shape index (κ1) is 13.6. The average molecular weight is 263 g/mol. The van der Waals surface area contributed by atoms with Gasteiger partial charge in [-0.05, 0) is 18.9 Å². The molecule has 0 bridgehead atoms. The van der Waals surface area contributed by atoms with Crippen molar-refractivity contribution in [2.45, 2.75) is 38.3 Å². The topological polar surface area (TPSA) is 66.4 Å². The maximum atomic E-state index is 11.9. The van der Waals surface area contributed by atoms with Gasteiger partial charge in [-0.1, -0.05) is 13.8 Å². The SMILES string of the molecule is CC(C)C(C)NS(=O)(=O)c1csc(CO)c1. The lowest BCUT2D eigenvalue weighted by Crippen LogP contribution is -2.35. The van der Waals surface area contributed by atoms with Gasteiger partial charge in [0.25, 0.3) is 0 Å². The molecule has 92 valence electrons. The summed E-state index contributed by atoms with van der Waals surface area (Å²) in [4.78, 5) is 0.881. The predicted octanol–water partition coefficient (Wildman–Crippen LogP) is 1.56. The van der Waals surface area contributed by atoms with Crippen molar-refractivity contribution < 1.29 is 13.5 Å². The summed E-state index contributed by atoms with van der Waals surface area (Å²) in [5.41, 5.74) is 0. The quantitative estimate of drug-likeness (QED) is 0.847. The van der Waals surface area contributed by atoms with Gasteiger partial charge in [0.2, 0.25) is 10.0 Å². The van der Waals surface area contributed by atoms with Crippen LogP contribution in [0.15, 0.2) is 16.3 Å². The van der Waals surface area contributed by atoms with Gasteiger partial charge in [-0.15, -0.1) is 11.3 Å². The van der Waals surface area contributed by atoms with Crippen LogP contribution >= 0.6 is 11.3 Å². The molecule has 0 aliphatic rings. The van der Waals surface area contributed by atoms with E-state index >= 15 is 0 Å². The van der Waals surface area contributed by atoms with E-state index in [1.807, 2.05) is 20.8 Å². The van der Waals surface area contributed by atoms with Crippen molar-refractivity contribution >= 4 is 21.4 Å². The van der Waals surface area contributed by atoms with Gasteiger partial charge in [0, 0.05) is 16.3 Å². The number of nitrogens with one attached hydrogen (secondary N) is 1. The van der Waals surface area contributed by atoms with E-state index in [0.29, 0.717) is 4.88 Å². The summed E-state index contributed by atoms with van der Waals surface area (Å²) in [6.07, 6.45) is 0. The number of sulfonamides is 1. The van der Waals surface area contributed by atoms with Gasteiger partial charge in [-0.2, -0.15) is 0 Å². The number of rotatable bonds is 5. The van der Waals surface area contributed by atoms with Crippen LogP contribution in [-0.2, 0) is 16.6 Å². The Bertz CT molecular complexity index is 437. The summed E-state index contributed by atoms with van der Waals surface area (Å²) in [5, 5.41) is 10.4. The van der Waals surface area contributed by atoms with Crippen LogP contribution in [0.1, 0.15) is 25.6 Å². The molecule has 0 saturated carbocycles. The van der Waals surface area contributed by atoms with Gasteiger partial charge < -0.3 is 5.11 Å². The molecule has 0 radical (unpaired) electrons. The van der Waals surface area contributed by atoms with Gasteiger partial charge in [-0.25, -0.2) is 13.1 Å². The van der Waals surface area contributed by atoms with E-state index in [9.17, 15) is 8.42 Å². The van der Waals surface area contributed by atoms with Crippen LogP contribution in [0, 0.1) is 5.92 Å². The maximum Gasteiger partial charge on any atom is 0.241 e. The highest BCUT2D eigenvalue weighted by Crippen LogP contribution is 2.19. The summed E-state index contributed by atoms with van der Waals surface area (Å²) < 4.78 is 26.4. The van der Waals surface area contributed by atoms with E-state index in [1.54, 1.807) is 5.38 Å². The predicted molar refractivity (Wildman–Crippen MR) is 64.9 cm³/mol. The first-order valence-corrected chi connectivity index (χ1v) is 7.43. The van der Waals surface area contributed by atoms with E-state index in [0.717, 1.165) is 0 Å². The van der Waals surface area contributed by atoms with Crippen molar-refractivity contribution in [1.82, 2.24) is 4.72 Å². The maximum absolute atomic E-state index is 11.9. The molecule has 0 saturated heterocycles. The molecule has 1 aromatic heterocycles. The molecule has 6 heteroatoms. The molecule has 1 rings (SSSR count). The minimum absolute atomic E-state index is 0.109. The molecule has 4 nitrogen and oxygen atoms in total. The van der Waals surface area contributed by atoms with Crippen molar-refractivity contribution in [3.05, 3.63) is 16.3 Å². The van der Waals surface area contributed by atoms with Crippen molar-refractivity contribution in [3.63, 3.8) is 0 Å². The standard InChI is InChI=1S/C10H17NO3S2/c1-7(2)8(3)11-16(13,14)10-4-9(5-12)15-6-10/h4,6-8,11-12H,5H2,1-3H3. The highest BCUT2D eigenvalue weighted by Gasteiger charge is 2.20. The van der Waals surface area contributed by atoms with Crippen molar-refractivity contribution in [1.29, 1.82) is 0 Å². The van der Waals surface area contributed by atoms with Crippen molar-refractivity contribution in [3.8, 4) is 0 Å². The Morgan fingerprint density at radius 1 is 1.44 bits per heavy atom. The molecule has 16 heavy (non-hydrogen) atoms. The number of aliphatic hydroxyl groups is 1. The fourth-order valence-electron chi connectivity index (χ4n) is 1.03. The Morgan fingerprint density at radius 2 is 2.06 bits per heavy atom. The van der Waals surface area contributed by atoms with Crippen LogP contribution in [0.4, 0.5) is 0 Å². The van der Waals surface area contributed by atoms with Crippen LogP contribution in [-0.4, -0.2) is 19.6 Å². The average Bonchev–Trinajstić information content (AvgIpc) is 2.65. The van der Waals surface area contributed by atoms with Crippen molar-refractivity contribution in [2.24, 2.45) is 5.92 Å². The van der Waals surface area contributed by atoms with Gasteiger partial charge in [0.15, 0.2) is 0 Å². The molecule has 1 aromatic rings. The molecule has 1 unspecified atom stereocenters. The monoisotopic (exact) mass is 263 g/mol. The summed E-state index contributed by atoms with van der Waals surface area (Å²) >= 11 is 1.24. The number of hydrogen-bond acceptors (Lipinski definition) is 4. The minimum atomic E-state index is -3.44. The number of aliphatic hydroxyl groups excluding tert-OH is 1. The van der Waals surface area contributed by atoms with Gasteiger partial charge in [-0.3, -0.25) is 0 Å². The Balaban J connectivity index is 2.86. The third-order valence-electron chi connectivity index (χ3n) is 2.44. The summed E-state index contributed by atoms with van der Waals surface area (Å²) in [6, 6.07) is 1.39. The largest absolute Gasteiger partial charge is 0.391 e. The second-order valence-electron chi connectivity index (χ2n) is 4.06. The van der Waals surface area contributed by atoms with E-state index in [4.69, 9.17) is 5.11 Å². The molecule has 1 heterocycles. The zero-order valence-electron chi connectivity index (χ0n) is 9.60. The lowest BCUT2D eigenvalue weighted by atomic mass is 10.1. The third kappa shape index (κ3) is 3.28. The Morgan fingerprint density at radius 3 is 2.50 bits per heavy atom. The Labute approximate surface area is 100 Å². The summed E-state index contributed by atoms with van der Waals surface area (Å²) in [7, 11) is -3.44. The summed E-state index contributed by atoms with van der Waals surface area (Å²) in [5.74, 6) is 0.241. The molecule has 0 aliphatic heterocycles. The molecule has 0 spiro atoms. The second kappa shape index (κ2) is 5.27. The second-order valence-corrected chi connectivity index (χ2v) is 6.77. The lowest BCUT2D eigenvalue weighted by Gasteiger charge is -2.16. The normalized spacial score (nSPS) is 14.3. The lowest BCUT2D eigenvalue weighted by molar-refractivity contribution is 0.285. The fourth-order valence-corrected chi connectivity index (χ4v) is 3.56. The zero-order chi connectivity index (χ0) is 12.3. The van der Waals surface area contributed by atoms with Crippen LogP contribution in [0.3, 0.4) is 0 Å². The molecule has 0 fully saturated rings. The highest BCUT2D eigenvalue weighted by molar-refractivity contribution is 7.89. The Hall–Kier alpha value is -0.430. The van der Waals surface area contributed by atoms with Crippen LogP contribution in [0.25, 0.3) is 0 Å². The van der Waals surface area contributed by atoms with Gasteiger partial charge >= 0.3 is 0 Å². The molecule has 2 N–H and O–H groups in total. The van der Waals surface area contributed by atoms with Gasteiger partial charge in [0.05, 0.1) is 11.5 Å². The molecule has 0 aromatic carbocycles. The zero-order valence-corrected chi connectivity index (χ0v) is 11.2. The van der Waals surface area contributed by atoms with Crippen LogP contribution in [0.2, 0.25) is 0 Å². The molecule has 0 amide bonds. The molecule has 0 aliphatic carbocycles. The third-order valence-corrected chi connectivity index (χ3v) is 5.05. The molecule has 1 atom stereocenters. The van der Waals surface area contributed by atoms with E-state index in [2.05, 4.69) is 4.72 Å². The number of thiophene rings is 1. The van der Waals surface area contributed by atoms with E-state index in [1.165, 1.54) is 17.4 Å². The van der Waals surface area contributed by atoms with Crippen LogP contribution < -0.4 is 4.72 Å². The molecular weight excluding hydrogens is 246 g/mol. The highest BCUT2D eigenvalue weighted by atomic mass is 32.2. The van der Waals surface area contributed by atoms with Crippen LogP contribution in [0.5, 0.6) is 0 Å². The first-order valence-electron chi connectivity index (χ1n) is 5.07. The minimum Gasteiger partial charge on any atom is -0.391 e. The molecular formula is C10H17NO3S2. The summed E-state index contributed by atoms with van der Waals surface area (Å²) in [6.45, 7) is 5.63. The van der Waals surface area contributed by atoms with Crippen molar-refractivity contribution in [2.75, 3.05) is 0 Å². The smallest absolute Gasteiger partial charge is 0.241 e. The first-order chi connectivity index (χ1) is 7.36.